The van der Waals surface area contributed by atoms with Gasteiger partial charge >= 0.3 is 0 Å². The van der Waals surface area contributed by atoms with E-state index in [-0.39, 0.29) is 5.91 Å². The third-order valence-electron chi connectivity index (χ3n) is 8.80. The number of anilines is 1. The SMILES string of the molecule is CCCCCCCCCCCC(=O)Nc1nc(C)c(OCc2ccccc2)c(C)c1C.Cc1cnc(C)c(OCc2ccccc2)c1C. The summed E-state index contributed by atoms with van der Waals surface area (Å²) in [5, 5.41) is 3.01. The zero-order chi connectivity index (χ0) is 34.7. The average Bonchev–Trinajstić information content (AvgIpc) is 3.09. The van der Waals surface area contributed by atoms with Crippen LogP contribution in [0.15, 0.2) is 66.9 Å². The van der Waals surface area contributed by atoms with Crippen molar-refractivity contribution in [1.82, 2.24) is 9.97 Å². The summed E-state index contributed by atoms with van der Waals surface area (Å²) in [6, 6.07) is 20.3. The van der Waals surface area contributed by atoms with Gasteiger partial charge in [-0.2, -0.15) is 0 Å². The molecule has 0 saturated carbocycles. The fourth-order valence-electron chi connectivity index (χ4n) is 5.52. The van der Waals surface area contributed by atoms with Crippen molar-refractivity contribution < 1.29 is 14.3 Å². The Bertz CT molecular complexity index is 1540. The Hall–Kier alpha value is -4.19. The Balaban J connectivity index is 0.000000308. The van der Waals surface area contributed by atoms with Crippen LogP contribution < -0.4 is 14.8 Å². The maximum Gasteiger partial charge on any atom is 0.225 e. The molecule has 2 heterocycles. The number of carbonyl (C=O) groups excluding carboxylic acids is 1. The summed E-state index contributed by atoms with van der Waals surface area (Å²) >= 11 is 0. The van der Waals surface area contributed by atoms with Gasteiger partial charge in [-0.25, -0.2) is 4.98 Å². The smallest absolute Gasteiger partial charge is 0.225 e. The largest absolute Gasteiger partial charge is 0.487 e. The third-order valence-corrected chi connectivity index (χ3v) is 8.80. The Kier molecular flexibility index (Phi) is 16.7. The molecule has 1 amide bonds. The summed E-state index contributed by atoms with van der Waals surface area (Å²) in [5.41, 5.74) is 8.38. The van der Waals surface area contributed by atoms with Crippen LogP contribution in [0.25, 0.3) is 0 Å². The van der Waals surface area contributed by atoms with Crippen LogP contribution in [0.3, 0.4) is 0 Å². The number of ether oxygens (including phenoxy) is 2. The fourth-order valence-corrected chi connectivity index (χ4v) is 5.52. The van der Waals surface area contributed by atoms with Gasteiger partial charge in [0.25, 0.3) is 0 Å². The van der Waals surface area contributed by atoms with E-state index in [1.165, 1.54) is 61.6 Å². The molecular weight excluding hydrogens is 594 g/mol. The first-order chi connectivity index (χ1) is 23.2. The molecular formula is C42H57N3O3. The lowest BCUT2D eigenvalue weighted by Gasteiger charge is -2.17. The summed E-state index contributed by atoms with van der Waals surface area (Å²) in [6.07, 6.45) is 13.7. The van der Waals surface area contributed by atoms with E-state index in [9.17, 15) is 4.79 Å². The van der Waals surface area contributed by atoms with Crippen LogP contribution in [0.4, 0.5) is 5.82 Å². The quantitative estimate of drug-likeness (QED) is 0.115. The van der Waals surface area contributed by atoms with Gasteiger partial charge in [0.05, 0.1) is 11.4 Å². The number of carbonyl (C=O) groups is 1. The van der Waals surface area contributed by atoms with Gasteiger partial charge in [0.15, 0.2) is 0 Å². The number of benzene rings is 2. The van der Waals surface area contributed by atoms with Crippen LogP contribution in [0.5, 0.6) is 11.5 Å². The molecule has 0 bridgehead atoms. The van der Waals surface area contributed by atoms with Crippen LogP contribution in [0.1, 0.15) is 116 Å². The number of pyridine rings is 2. The topological polar surface area (TPSA) is 73.3 Å². The fraction of sp³-hybridized carbons (Fsp3) is 0.452. The summed E-state index contributed by atoms with van der Waals surface area (Å²) in [6.45, 7) is 15.4. The second-order valence-electron chi connectivity index (χ2n) is 12.8. The van der Waals surface area contributed by atoms with Crippen LogP contribution >= 0.6 is 0 Å². The van der Waals surface area contributed by atoms with E-state index in [0.717, 1.165) is 52.4 Å². The first-order valence-corrected chi connectivity index (χ1v) is 17.7. The van der Waals surface area contributed by atoms with Crippen LogP contribution in [-0.2, 0) is 18.0 Å². The van der Waals surface area contributed by atoms with Crippen molar-refractivity contribution in [2.45, 2.75) is 126 Å². The van der Waals surface area contributed by atoms with Gasteiger partial charge in [-0.3, -0.25) is 9.78 Å². The maximum absolute atomic E-state index is 12.4. The lowest BCUT2D eigenvalue weighted by atomic mass is 10.1. The normalized spacial score (nSPS) is 10.6. The average molecular weight is 652 g/mol. The van der Waals surface area contributed by atoms with Crippen molar-refractivity contribution in [1.29, 1.82) is 0 Å². The molecule has 2 aromatic carbocycles. The van der Waals surface area contributed by atoms with Crippen molar-refractivity contribution in [3.63, 3.8) is 0 Å². The molecule has 1 N–H and O–H groups in total. The number of aryl methyl sites for hydroxylation is 3. The van der Waals surface area contributed by atoms with E-state index in [0.29, 0.717) is 25.5 Å². The first kappa shape index (κ1) is 38.3. The number of amides is 1. The molecule has 48 heavy (non-hydrogen) atoms. The van der Waals surface area contributed by atoms with Crippen molar-refractivity contribution in [2.75, 3.05) is 5.32 Å². The molecule has 0 atom stereocenters. The number of nitrogens with zero attached hydrogens (tertiary/aromatic N) is 2. The highest BCUT2D eigenvalue weighted by atomic mass is 16.5. The van der Waals surface area contributed by atoms with E-state index in [2.05, 4.69) is 48.2 Å². The minimum atomic E-state index is 0.0512. The molecule has 0 fully saturated rings. The van der Waals surface area contributed by atoms with Crippen LogP contribution in [0.2, 0.25) is 0 Å². The predicted molar refractivity (Wildman–Crippen MR) is 199 cm³/mol. The number of unbranched alkanes of at least 4 members (excludes halogenated alkanes) is 8. The molecule has 0 spiro atoms. The highest BCUT2D eigenvalue weighted by Gasteiger charge is 2.15. The summed E-state index contributed by atoms with van der Waals surface area (Å²) in [4.78, 5) is 21.4. The molecule has 0 saturated heterocycles. The van der Waals surface area contributed by atoms with Crippen LogP contribution in [0, 0.1) is 41.5 Å². The van der Waals surface area contributed by atoms with E-state index in [1.54, 1.807) is 0 Å². The lowest BCUT2D eigenvalue weighted by molar-refractivity contribution is -0.116. The molecule has 0 aliphatic rings. The molecule has 4 aromatic rings. The molecule has 0 radical (unpaired) electrons. The van der Waals surface area contributed by atoms with Gasteiger partial charge in [-0.15, -0.1) is 0 Å². The van der Waals surface area contributed by atoms with Crippen LogP contribution in [-0.4, -0.2) is 15.9 Å². The van der Waals surface area contributed by atoms with Crippen molar-refractivity contribution >= 4 is 11.7 Å². The maximum atomic E-state index is 12.4. The molecule has 0 aliphatic heterocycles. The molecule has 4 rings (SSSR count). The number of nitrogens with one attached hydrogen (secondary N) is 1. The van der Waals surface area contributed by atoms with Gasteiger partial charge in [0.1, 0.15) is 30.5 Å². The Morgan fingerprint density at radius 3 is 1.67 bits per heavy atom. The Morgan fingerprint density at radius 1 is 0.625 bits per heavy atom. The monoisotopic (exact) mass is 651 g/mol. The lowest BCUT2D eigenvalue weighted by Crippen LogP contribution is -2.15. The summed E-state index contributed by atoms with van der Waals surface area (Å²) in [7, 11) is 0. The summed E-state index contributed by atoms with van der Waals surface area (Å²) in [5.74, 6) is 2.42. The highest BCUT2D eigenvalue weighted by Crippen LogP contribution is 2.30. The molecule has 258 valence electrons. The minimum Gasteiger partial charge on any atom is -0.487 e. The van der Waals surface area contributed by atoms with Crippen molar-refractivity contribution in [2.24, 2.45) is 0 Å². The highest BCUT2D eigenvalue weighted by molar-refractivity contribution is 5.90. The van der Waals surface area contributed by atoms with Crippen molar-refractivity contribution in [3.8, 4) is 11.5 Å². The van der Waals surface area contributed by atoms with Gasteiger partial charge in [-0.1, -0.05) is 119 Å². The molecule has 0 unspecified atom stereocenters. The molecule has 6 heteroatoms. The number of hydrogen-bond acceptors (Lipinski definition) is 5. The number of aromatic nitrogens is 2. The van der Waals surface area contributed by atoms with Gasteiger partial charge < -0.3 is 14.8 Å². The van der Waals surface area contributed by atoms with E-state index in [1.807, 2.05) is 82.4 Å². The number of hydrogen-bond donors (Lipinski definition) is 1. The summed E-state index contributed by atoms with van der Waals surface area (Å²) < 4.78 is 11.9. The van der Waals surface area contributed by atoms with Gasteiger partial charge in [0, 0.05) is 12.6 Å². The minimum absolute atomic E-state index is 0.0512. The number of rotatable bonds is 17. The van der Waals surface area contributed by atoms with Gasteiger partial charge in [-0.05, 0) is 81.3 Å². The molecule has 0 aliphatic carbocycles. The first-order valence-electron chi connectivity index (χ1n) is 17.7. The Labute approximate surface area is 289 Å². The van der Waals surface area contributed by atoms with E-state index in [4.69, 9.17) is 9.47 Å². The predicted octanol–water partition coefficient (Wildman–Crippen LogP) is 11.0. The second kappa shape index (κ2) is 20.9. The third kappa shape index (κ3) is 12.8. The zero-order valence-corrected chi connectivity index (χ0v) is 30.5. The molecule has 2 aromatic heterocycles. The second-order valence-corrected chi connectivity index (χ2v) is 12.8. The Morgan fingerprint density at radius 2 is 1.12 bits per heavy atom. The molecule has 6 nitrogen and oxygen atoms in total. The standard InChI is InChI=1S/C27H40N2O2.C15H17NO/c1-5-6-7-8-9-10-11-12-16-19-25(30)29-27-22(3)21(2)26(23(4)28-27)31-20-24-17-14-13-15-18-24;1-11-9-16-13(3)15(12(11)2)17-10-14-7-5-4-6-8-14/h13-15,17-18H,5-12,16,19-20H2,1-4H3,(H,28,29,30);4-9H,10H2,1-3H3. The van der Waals surface area contributed by atoms with E-state index >= 15 is 0 Å². The van der Waals surface area contributed by atoms with Gasteiger partial charge in [0.2, 0.25) is 5.91 Å². The van der Waals surface area contributed by atoms with E-state index < -0.39 is 0 Å². The van der Waals surface area contributed by atoms with Crippen molar-refractivity contribution in [3.05, 3.63) is 112 Å². The zero-order valence-electron chi connectivity index (χ0n) is 30.5.